The molecule has 0 saturated carbocycles. The summed E-state index contributed by atoms with van der Waals surface area (Å²) in [5, 5.41) is 44.7. The number of benzene rings is 4. The summed E-state index contributed by atoms with van der Waals surface area (Å²) in [6, 6.07) is 22.2. The van der Waals surface area contributed by atoms with E-state index in [1.54, 1.807) is 86.1 Å². The highest BCUT2D eigenvalue weighted by molar-refractivity contribution is 5.94. The second-order valence-electron chi connectivity index (χ2n) is 16.8. The number of carbonyl (C=O) groups is 3. The Morgan fingerprint density at radius 1 is 0.924 bits per heavy atom. The smallest absolute Gasteiger partial charge is 0.419 e. The monoisotopic (exact) mass is 891 g/mol. The first-order valence-electron chi connectivity index (χ1n) is 21.9. The van der Waals surface area contributed by atoms with Gasteiger partial charge in [0.15, 0.2) is 11.4 Å². The first-order chi connectivity index (χ1) is 31.7. The number of aliphatic hydroxyl groups is 1. The van der Waals surface area contributed by atoms with Crippen LogP contribution in [0.15, 0.2) is 96.1 Å². The third kappa shape index (κ3) is 7.51. The Labute approximate surface area is 380 Å². The number of carbonyl (C=O) groups excluding carboxylic acids is 3. The maximum Gasteiger partial charge on any atom is 0.419 e. The molecule has 0 spiro atoms. The minimum absolute atomic E-state index is 0.0125. The summed E-state index contributed by atoms with van der Waals surface area (Å²) in [6.07, 6.45) is 2.22. The zero-order valence-corrected chi connectivity index (χ0v) is 37.4. The second kappa shape index (κ2) is 17.0. The Balaban J connectivity index is 0.901. The van der Waals surface area contributed by atoms with Crippen molar-refractivity contribution in [2.75, 3.05) is 31.6 Å². The number of hydrogen-bond donors (Lipinski definition) is 4. The summed E-state index contributed by atoms with van der Waals surface area (Å²) in [5.74, 6) is 0.190. The maximum absolute atomic E-state index is 13.5. The van der Waals surface area contributed by atoms with E-state index in [0.717, 1.165) is 39.0 Å². The van der Waals surface area contributed by atoms with Gasteiger partial charge < -0.3 is 39.7 Å². The molecule has 0 unspecified atom stereocenters. The molecule has 16 nitrogen and oxygen atoms in total. The van der Waals surface area contributed by atoms with Crippen molar-refractivity contribution < 1.29 is 43.9 Å². The summed E-state index contributed by atoms with van der Waals surface area (Å²) < 4.78 is 18.9. The molecule has 9 rings (SSSR count). The lowest BCUT2D eigenvalue weighted by molar-refractivity contribution is -0.163. The van der Waals surface area contributed by atoms with Gasteiger partial charge in [-0.25, -0.2) is 14.6 Å². The Kier molecular flexibility index (Phi) is 11.2. The van der Waals surface area contributed by atoms with Crippen LogP contribution < -0.4 is 19.7 Å². The van der Waals surface area contributed by atoms with Gasteiger partial charge in [-0.3, -0.25) is 14.3 Å². The number of phenols is 2. The van der Waals surface area contributed by atoms with E-state index in [1.807, 2.05) is 32.1 Å². The number of amides is 2. The topological polar surface area (TPSA) is 202 Å². The minimum atomic E-state index is -1.69. The SMILES string of the molecule is CCNC(=O)c1nnc(-c2cc(C(C)C)c(O)cc2O)n1-c1ccc(Oc2ccc(N(C)C(=O)Oc3ccc4nc5c(c(CC)c4c3)CN3CC4=C(C=C53)[C@@](O)(CC)C(=O)OC4)cc2)cc1. The molecule has 338 valence electrons. The summed E-state index contributed by atoms with van der Waals surface area (Å²) in [7, 11) is 1.62. The third-order valence-electron chi connectivity index (χ3n) is 12.4. The third-order valence-corrected chi connectivity index (χ3v) is 12.4. The van der Waals surface area contributed by atoms with Crippen molar-refractivity contribution >= 4 is 40.3 Å². The molecule has 2 amide bonds. The number of cyclic esters (lactones) is 1. The van der Waals surface area contributed by atoms with E-state index in [-0.39, 0.29) is 42.1 Å². The van der Waals surface area contributed by atoms with Gasteiger partial charge in [0, 0.05) is 60.6 Å². The van der Waals surface area contributed by atoms with Crippen LogP contribution >= 0.6 is 0 Å². The lowest BCUT2D eigenvalue weighted by atomic mass is 9.83. The molecule has 3 aliphatic rings. The van der Waals surface area contributed by atoms with Crippen LogP contribution in [0, 0.1) is 0 Å². The molecule has 0 fully saturated rings. The molecular weight excluding hydrogens is 843 g/mol. The Morgan fingerprint density at radius 3 is 2.32 bits per heavy atom. The molecule has 0 saturated heterocycles. The van der Waals surface area contributed by atoms with E-state index >= 15 is 0 Å². The highest BCUT2D eigenvalue weighted by Crippen LogP contribution is 2.45. The van der Waals surface area contributed by atoms with E-state index in [0.29, 0.717) is 71.4 Å². The molecule has 5 heterocycles. The molecule has 4 aromatic carbocycles. The van der Waals surface area contributed by atoms with Gasteiger partial charge in [0.2, 0.25) is 5.82 Å². The van der Waals surface area contributed by atoms with Gasteiger partial charge >= 0.3 is 12.1 Å². The summed E-state index contributed by atoms with van der Waals surface area (Å²) in [4.78, 5) is 47.9. The predicted octanol–water partition coefficient (Wildman–Crippen LogP) is 7.92. The highest BCUT2D eigenvalue weighted by atomic mass is 16.6. The Hall–Kier alpha value is -7.72. The molecule has 0 radical (unpaired) electrons. The van der Waals surface area contributed by atoms with Crippen LogP contribution in [0.25, 0.3) is 33.7 Å². The van der Waals surface area contributed by atoms with Crippen molar-refractivity contribution in [3.63, 3.8) is 0 Å². The average molecular weight is 892 g/mol. The molecule has 16 heteroatoms. The van der Waals surface area contributed by atoms with Crippen LogP contribution in [0.3, 0.4) is 0 Å². The summed E-state index contributed by atoms with van der Waals surface area (Å²) >= 11 is 0. The van der Waals surface area contributed by atoms with Crippen LogP contribution in [0.4, 0.5) is 10.5 Å². The van der Waals surface area contributed by atoms with E-state index in [9.17, 15) is 29.7 Å². The van der Waals surface area contributed by atoms with Crippen molar-refractivity contribution in [3.8, 4) is 45.8 Å². The van der Waals surface area contributed by atoms with Gasteiger partial charge in [0.25, 0.3) is 5.91 Å². The van der Waals surface area contributed by atoms with E-state index in [1.165, 1.54) is 11.0 Å². The van der Waals surface area contributed by atoms with Gasteiger partial charge in [-0.1, -0.05) is 27.7 Å². The fraction of sp³-hybridized carbons (Fsp3) is 0.280. The van der Waals surface area contributed by atoms with Crippen molar-refractivity contribution in [1.82, 2.24) is 30.0 Å². The predicted molar refractivity (Wildman–Crippen MR) is 246 cm³/mol. The minimum Gasteiger partial charge on any atom is -0.508 e. The first kappa shape index (κ1) is 43.5. The van der Waals surface area contributed by atoms with E-state index in [2.05, 4.69) is 27.3 Å². The largest absolute Gasteiger partial charge is 0.508 e. The Morgan fingerprint density at radius 2 is 1.64 bits per heavy atom. The summed E-state index contributed by atoms with van der Waals surface area (Å²) in [6.45, 7) is 11.1. The number of pyridine rings is 1. The van der Waals surface area contributed by atoms with Crippen molar-refractivity contribution in [3.05, 3.63) is 124 Å². The number of hydrogen-bond acceptors (Lipinski definition) is 13. The average Bonchev–Trinajstić information content (AvgIpc) is 3.91. The summed E-state index contributed by atoms with van der Waals surface area (Å²) in [5.41, 5.74) is 6.36. The molecule has 66 heavy (non-hydrogen) atoms. The molecule has 2 aromatic heterocycles. The van der Waals surface area contributed by atoms with Crippen molar-refractivity contribution in [2.45, 2.75) is 65.5 Å². The normalized spacial score (nSPS) is 16.4. The number of ether oxygens (including phenoxy) is 3. The van der Waals surface area contributed by atoms with Crippen LogP contribution in [0.5, 0.6) is 28.7 Å². The number of esters is 1. The molecule has 6 aromatic rings. The van der Waals surface area contributed by atoms with Gasteiger partial charge in [-0.2, -0.15) is 0 Å². The molecule has 4 N–H and O–H groups in total. The van der Waals surface area contributed by atoms with Crippen molar-refractivity contribution in [2.24, 2.45) is 0 Å². The maximum atomic E-state index is 13.5. The fourth-order valence-corrected chi connectivity index (χ4v) is 8.87. The fourth-order valence-electron chi connectivity index (χ4n) is 8.87. The van der Waals surface area contributed by atoms with Crippen LogP contribution in [-0.2, 0) is 22.5 Å². The number of aromatic nitrogens is 4. The highest BCUT2D eigenvalue weighted by Gasteiger charge is 2.47. The van der Waals surface area contributed by atoms with Gasteiger partial charge in [0.05, 0.1) is 22.5 Å². The van der Waals surface area contributed by atoms with Gasteiger partial charge in [-0.15, -0.1) is 10.2 Å². The lowest BCUT2D eigenvalue weighted by Crippen LogP contribution is -2.47. The molecule has 3 aliphatic heterocycles. The van der Waals surface area contributed by atoms with E-state index < -0.39 is 23.6 Å². The molecule has 1 atom stereocenters. The number of anilines is 1. The van der Waals surface area contributed by atoms with Crippen LogP contribution in [-0.4, -0.2) is 90.3 Å². The number of rotatable bonds is 11. The zero-order valence-electron chi connectivity index (χ0n) is 37.4. The van der Waals surface area contributed by atoms with Crippen LogP contribution in [0.2, 0.25) is 0 Å². The first-order valence-corrected chi connectivity index (χ1v) is 21.9. The number of nitrogens with zero attached hydrogens (tertiary/aromatic N) is 6. The zero-order chi connectivity index (χ0) is 46.6. The quantitative estimate of drug-likeness (QED) is 0.0915. The number of aromatic hydroxyl groups is 2. The molecule has 0 bridgehead atoms. The molecule has 0 aliphatic carbocycles. The Bertz CT molecular complexity index is 3010. The number of aryl methyl sites for hydroxylation is 1. The number of phenolic OH excluding ortho intramolecular Hbond substituents is 2. The number of nitrogens with one attached hydrogen (secondary N) is 1. The lowest BCUT2D eigenvalue weighted by Gasteiger charge is -2.37. The standard InChI is InChI=1S/C50H49N7O9/c1-7-34-36-20-33(18-19-40(36)52-44-38(34)25-56-24-28-26-64-48(61)50(63,8-2)39(28)22-41(44)56)66-49(62)55(6)29-10-14-31(15-11-29)65-32-16-12-30(13-17-32)57-45(53-54-46(57)47(60)51-9-3)37-21-35(27(4)5)42(58)23-43(37)59/h10-23,27,58-59,63H,7-9,24-26H2,1-6H3,(H,51,60)/t50-/m0/s1. The molecular formula is C50H49N7O9. The second-order valence-corrected chi connectivity index (χ2v) is 16.8. The van der Waals surface area contributed by atoms with E-state index in [4.69, 9.17) is 19.2 Å². The van der Waals surface area contributed by atoms with Gasteiger partial charge in [0.1, 0.15) is 35.4 Å². The van der Waals surface area contributed by atoms with Crippen LogP contribution in [0.1, 0.15) is 80.0 Å². The van der Waals surface area contributed by atoms with Gasteiger partial charge in [-0.05, 0) is 121 Å². The van der Waals surface area contributed by atoms with Crippen molar-refractivity contribution in [1.29, 1.82) is 0 Å². The number of fused-ring (bicyclic) bond motifs is 4.